The van der Waals surface area contributed by atoms with E-state index in [0.717, 1.165) is 26.2 Å². The fourth-order valence-corrected chi connectivity index (χ4v) is 2.45. The molecule has 0 aromatic carbocycles. The Morgan fingerprint density at radius 1 is 1.53 bits per heavy atom. The molecule has 2 rings (SSSR count). The van der Waals surface area contributed by atoms with E-state index in [1.54, 1.807) is 11.9 Å². The molecule has 2 heterocycles. The van der Waals surface area contributed by atoms with Crippen molar-refractivity contribution in [2.45, 2.75) is 0 Å². The van der Waals surface area contributed by atoms with Crippen LogP contribution in [0.5, 0.6) is 0 Å². The van der Waals surface area contributed by atoms with Crippen molar-refractivity contribution >= 4 is 27.7 Å². The molecule has 0 saturated carbocycles. The molecule has 19 heavy (non-hydrogen) atoms. The third-order valence-electron chi connectivity index (χ3n) is 2.98. The van der Waals surface area contributed by atoms with Crippen molar-refractivity contribution in [1.82, 2.24) is 20.2 Å². The van der Waals surface area contributed by atoms with Crippen LogP contribution in [0.1, 0.15) is 0 Å². The van der Waals surface area contributed by atoms with Crippen LogP contribution in [-0.2, 0) is 4.79 Å². The van der Waals surface area contributed by atoms with Gasteiger partial charge in [0.05, 0.1) is 12.9 Å². The minimum Gasteiger partial charge on any atom is -0.349 e. The van der Waals surface area contributed by atoms with Crippen LogP contribution in [0.2, 0.25) is 0 Å². The van der Waals surface area contributed by atoms with Gasteiger partial charge in [-0.2, -0.15) is 0 Å². The molecule has 0 bridgehead atoms. The number of carbonyl (C=O) groups excluding carboxylic acids is 1. The maximum atomic E-state index is 12.1. The molecule has 0 atom stereocenters. The zero-order chi connectivity index (χ0) is 13.8. The second-order valence-electron chi connectivity index (χ2n) is 4.36. The number of piperazine rings is 1. The van der Waals surface area contributed by atoms with E-state index >= 15 is 0 Å². The molecular formula is C11H16BrN5O2. The van der Waals surface area contributed by atoms with Crippen LogP contribution >= 0.6 is 15.9 Å². The van der Waals surface area contributed by atoms with E-state index in [9.17, 15) is 9.59 Å². The molecule has 1 aromatic heterocycles. The highest BCUT2D eigenvalue weighted by Crippen LogP contribution is 2.17. The van der Waals surface area contributed by atoms with Crippen LogP contribution in [0.15, 0.2) is 15.6 Å². The Bertz CT molecular complexity index is 512. The summed E-state index contributed by atoms with van der Waals surface area (Å²) in [6, 6.07) is 0. The summed E-state index contributed by atoms with van der Waals surface area (Å²) in [6.07, 6.45) is 1.33. The van der Waals surface area contributed by atoms with E-state index in [2.05, 4.69) is 31.2 Å². The number of hydrogen-bond acceptors (Lipinski definition) is 5. The summed E-state index contributed by atoms with van der Waals surface area (Å²) < 4.78 is 0.339. The zero-order valence-electron chi connectivity index (χ0n) is 10.6. The summed E-state index contributed by atoms with van der Waals surface area (Å²) in [7, 11) is 1.74. The van der Waals surface area contributed by atoms with Crippen molar-refractivity contribution in [3.63, 3.8) is 0 Å². The summed E-state index contributed by atoms with van der Waals surface area (Å²) in [5.74, 6) is 0.505. The number of nitrogens with one attached hydrogen (secondary N) is 2. The highest BCUT2D eigenvalue weighted by Gasteiger charge is 2.19. The lowest BCUT2D eigenvalue weighted by Crippen LogP contribution is -2.49. The van der Waals surface area contributed by atoms with Gasteiger partial charge in [-0.15, -0.1) is 0 Å². The predicted octanol–water partition coefficient (Wildman–Crippen LogP) is -0.600. The fraction of sp³-hybridized carbons (Fsp3) is 0.545. The number of halogens is 1. The predicted molar refractivity (Wildman–Crippen MR) is 75.3 cm³/mol. The molecular weight excluding hydrogens is 314 g/mol. The van der Waals surface area contributed by atoms with Gasteiger partial charge in [0, 0.05) is 33.2 Å². The Labute approximate surface area is 119 Å². The van der Waals surface area contributed by atoms with Crippen LogP contribution in [0.4, 0.5) is 5.82 Å². The Morgan fingerprint density at radius 2 is 2.21 bits per heavy atom. The van der Waals surface area contributed by atoms with Gasteiger partial charge >= 0.3 is 0 Å². The molecule has 0 aliphatic carbocycles. The topological polar surface area (TPSA) is 81.3 Å². The van der Waals surface area contributed by atoms with E-state index in [1.807, 2.05) is 4.90 Å². The lowest BCUT2D eigenvalue weighted by molar-refractivity contribution is -0.130. The summed E-state index contributed by atoms with van der Waals surface area (Å²) in [5.41, 5.74) is -0.258. The van der Waals surface area contributed by atoms with Gasteiger partial charge in [-0.25, -0.2) is 4.98 Å². The Morgan fingerprint density at radius 3 is 2.89 bits per heavy atom. The quantitative estimate of drug-likeness (QED) is 0.774. The zero-order valence-corrected chi connectivity index (χ0v) is 12.2. The molecule has 7 nitrogen and oxygen atoms in total. The third-order valence-corrected chi connectivity index (χ3v) is 3.70. The van der Waals surface area contributed by atoms with E-state index < -0.39 is 0 Å². The summed E-state index contributed by atoms with van der Waals surface area (Å²) >= 11 is 3.18. The van der Waals surface area contributed by atoms with Crippen LogP contribution < -0.4 is 15.8 Å². The summed E-state index contributed by atoms with van der Waals surface area (Å²) in [5, 5.41) is 3.20. The number of rotatable bonds is 3. The summed E-state index contributed by atoms with van der Waals surface area (Å²) in [6.45, 7) is 3.28. The summed E-state index contributed by atoms with van der Waals surface area (Å²) in [4.78, 5) is 33.6. The molecule has 1 aliphatic heterocycles. The van der Waals surface area contributed by atoms with E-state index in [-0.39, 0.29) is 18.0 Å². The number of aromatic nitrogens is 2. The van der Waals surface area contributed by atoms with Gasteiger partial charge in [0.1, 0.15) is 4.47 Å². The first-order valence-corrected chi connectivity index (χ1v) is 6.81. The average molecular weight is 330 g/mol. The molecule has 1 amide bonds. The van der Waals surface area contributed by atoms with Gasteiger partial charge in [0.15, 0.2) is 5.82 Å². The van der Waals surface area contributed by atoms with Crippen LogP contribution in [0.3, 0.4) is 0 Å². The molecule has 2 N–H and O–H groups in total. The molecule has 8 heteroatoms. The van der Waals surface area contributed by atoms with Gasteiger partial charge in [-0.05, 0) is 15.9 Å². The second-order valence-corrected chi connectivity index (χ2v) is 5.15. The van der Waals surface area contributed by atoms with E-state index in [4.69, 9.17) is 0 Å². The first-order chi connectivity index (χ1) is 9.09. The highest BCUT2D eigenvalue weighted by molar-refractivity contribution is 9.10. The largest absolute Gasteiger partial charge is 0.349 e. The number of anilines is 1. The SMILES string of the molecule is CN(CC(=O)N1CCNCC1)c1nc[nH]c(=O)c1Br. The molecule has 0 unspecified atom stereocenters. The lowest BCUT2D eigenvalue weighted by atomic mass is 10.3. The monoisotopic (exact) mass is 329 g/mol. The maximum Gasteiger partial charge on any atom is 0.267 e. The van der Waals surface area contributed by atoms with Gasteiger partial charge < -0.3 is 20.1 Å². The molecule has 1 aromatic rings. The smallest absolute Gasteiger partial charge is 0.267 e. The first kappa shape index (κ1) is 14.0. The third kappa shape index (κ3) is 3.32. The van der Waals surface area contributed by atoms with Crippen molar-refractivity contribution in [1.29, 1.82) is 0 Å². The number of carbonyl (C=O) groups is 1. The fourth-order valence-electron chi connectivity index (χ4n) is 1.93. The Balaban J connectivity index is 2.04. The maximum absolute atomic E-state index is 12.1. The number of nitrogens with zero attached hydrogens (tertiary/aromatic N) is 3. The van der Waals surface area contributed by atoms with Crippen LogP contribution in [0.25, 0.3) is 0 Å². The number of likely N-dealkylation sites (N-methyl/N-ethyl adjacent to an activating group) is 1. The van der Waals surface area contributed by atoms with Crippen molar-refractivity contribution in [2.24, 2.45) is 0 Å². The lowest BCUT2D eigenvalue weighted by Gasteiger charge is -2.29. The van der Waals surface area contributed by atoms with Crippen LogP contribution in [0, 0.1) is 0 Å². The average Bonchev–Trinajstić information content (AvgIpc) is 2.42. The number of H-pyrrole nitrogens is 1. The molecule has 1 fully saturated rings. The molecule has 0 radical (unpaired) electrons. The van der Waals surface area contributed by atoms with Gasteiger partial charge in [-0.1, -0.05) is 0 Å². The molecule has 104 valence electrons. The van der Waals surface area contributed by atoms with E-state index in [1.165, 1.54) is 6.33 Å². The van der Waals surface area contributed by atoms with Crippen molar-refractivity contribution in [2.75, 3.05) is 44.7 Å². The Hall–Kier alpha value is -1.41. The minimum atomic E-state index is -0.258. The number of amides is 1. The normalized spacial score (nSPS) is 15.4. The second kappa shape index (κ2) is 6.16. The van der Waals surface area contributed by atoms with Gasteiger partial charge in [-0.3, -0.25) is 9.59 Å². The number of aromatic amines is 1. The molecule has 1 saturated heterocycles. The van der Waals surface area contributed by atoms with Crippen LogP contribution in [-0.4, -0.2) is 60.5 Å². The number of hydrogen-bond donors (Lipinski definition) is 2. The van der Waals surface area contributed by atoms with E-state index in [0.29, 0.717) is 10.3 Å². The van der Waals surface area contributed by atoms with Crippen molar-refractivity contribution in [3.8, 4) is 0 Å². The molecule has 0 spiro atoms. The van der Waals surface area contributed by atoms with Crippen molar-refractivity contribution in [3.05, 3.63) is 21.2 Å². The highest BCUT2D eigenvalue weighted by atomic mass is 79.9. The molecule has 1 aliphatic rings. The minimum absolute atomic E-state index is 0.0398. The van der Waals surface area contributed by atoms with Gasteiger partial charge in [0.25, 0.3) is 5.56 Å². The van der Waals surface area contributed by atoms with Crippen molar-refractivity contribution < 1.29 is 4.79 Å². The Kier molecular flexibility index (Phi) is 4.54. The van der Waals surface area contributed by atoms with Gasteiger partial charge in [0.2, 0.25) is 5.91 Å². The standard InChI is InChI=1S/C11H16BrN5O2/c1-16(10-9(12)11(19)15-7-14-10)6-8(18)17-4-2-13-3-5-17/h7,13H,2-6H2,1H3,(H,14,15,19). The first-order valence-electron chi connectivity index (χ1n) is 6.02.